The molecule has 0 radical (unpaired) electrons. The number of rotatable bonds is 2. The Kier molecular flexibility index (Phi) is 4.18. The van der Waals surface area contributed by atoms with Gasteiger partial charge in [-0.3, -0.25) is 4.79 Å². The van der Waals surface area contributed by atoms with Crippen molar-refractivity contribution in [3.05, 3.63) is 0 Å². The molecule has 0 bridgehead atoms. The summed E-state index contributed by atoms with van der Waals surface area (Å²) in [5.74, 6) is 0.880. The number of carbonyl (C=O) groups excluding carboxylic acids is 1. The van der Waals surface area contributed by atoms with E-state index in [9.17, 15) is 4.79 Å². The second kappa shape index (κ2) is 5.00. The van der Waals surface area contributed by atoms with Crippen molar-refractivity contribution in [1.29, 1.82) is 0 Å². The number of carbonyl (C=O) groups is 1. The topological polar surface area (TPSA) is 29.1 Å². The second-order valence-electron chi connectivity index (χ2n) is 5.91. The molecule has 0 aromatic rings. The van der Waals surface area contributed by atoms with E-state index in [-0.39, 0.29) is 11.3 Å². The summed E-state index contributed by atoms with van der Waals surface area (Å²) in [6, 6.07) is 0.344. The molecule has 1 rings (SSSR count). The maximum absolute atomic E-state index is 11.8. The Morgan fingerprint density at radius 3 is 2.20 bits per heavy atom. The monoisotopic (exact) mass is 211 g/mol. The molecule has 88 valence electrons. The van der Waals surface area contributed by atoms with E-state index in [2.05, 4.69) is 12.2 Å². The van der Waals surface area contributed by atoms with E-state index < -0.39 is 0 Å². The smallest absolute Gasteiger partial charge is 0.225 e. The Bertz CT molecular complexity index is 211. The molecular weight excluding hydrogens is 186 g/mol. The van der Waals surface area contributed by atoms with Gasteiger partial charge in [0.25, 0.3) is 0 Å². The molecule has 0 heterocycles. The molecule has 1 fully saturated rings. The average Bonchev–Trinajstić information content (AvgIpc) is 2.17. The summed E-state index contributed by atoms with van der Waals surface area (Å²) < 4.78 is 0. The maximum atomic E-state index is 11.8. The van der Waals surface area contributed by atoms with Crippen LogP contribution in [0.4, 0.5) is 0 Å². The van der Waals surface area contributed by atoms with Crippen LogP contribution in [0.5, 0.6) is 0 Å². The highest BCUT2D eigenvalue weighted by atomic mass is 16.2. The fraction of sp³-hybridized carbons (Fsp3) is 0.923. The van der Waals surface area contributed by atoms with Gasteiger partial charge in [0.1, 0.15) is 0 Å². The number of amides is 1. The van der Waals surface area contributed by atoms with E-state index in [1.165, 1.54) is 32.1 Å². The summed E-state index contributed by atoms with van der Waals surface area (Å²) in [5.41, 5.74) is -0.261. The minimum Gasteiger partial charge on any atom is -0.353 e. The van der Waals surface area contributed by atoms with Crippen molar-refractivity contribution in [3.8, 4) is 0 Å². The third-order valence-corrected chi connectivity index (χ3v) is 3.40. The fourth-order valence-corrected chi connectivity index (χ4v) is 2.18. The van der Waals surface area contributed by atoms with Gasteiger partial charge in [0, 0.05) is 11.5 Å². The molecular formula is C13H25NO. The average molecular weight is 211 g/mol. The Hall–Kier alpha value is -0.530. The van der Waals surface area contributed by atoms with Crippen molar-refractivity contribution in [1.82, 2.24) is 5.32 Å². The van der Waals surface area contributed by atoms with Gasteiger partial charge < -0.3 is 5.32 Å². The summed E-state index contributed by atoms with van der Waals surface area (Å²) in [6.45, 7) is 8.06. The third kappa shape index (κ3) is 3.84. The zero-order valence-electron chi connectivity index (χ0n) is 10.6. The summed E-state index contributed by atoms with van der Waals surface area (Å²) >= 11 is 0. The van der Waals surface area contributed by atoms with Crippen LogP contribution in [-0.4, -0.2) is 11.9 Å². The normalized spacial score (nSPS) is 21.1. The Morgan fingerprint density at radius 1 is 1.20 bits per heavy atom. The lowest BCUT2D eigenvalue weighted by Crippen LogP contribution is -2.44. The first-order valence-electron chi connectivity index (χ1n) is 6.22. The van der Waals surface area contributed by atoms with Gasteiger partial charge in [-0.15, -0.1) is 0 Å². The molecule has 1 N–H and O–H groups in total. The maximum Gasteiger partial charge on any atom is 0.225 e. The number of hydrogen-bond acceptors (Lipinski definition) is 1. The highest BCUT2D eigenvalue weighted by Crippen LogP contribution is 2.26. The van der Waals surface area contributed by atoms with Crippen LogP contribution in [0.1, 0.15) is 59.8 Å². The van der Waals surface area contributed by atoms with Gasteiger partial charge in [-0.2, -0.15) is 0 Å². The zero-order valence-corrected chi connectivity index (χ0v) is 10.6. The second-order valence-corrected chi connectivity index (χ2v) is 5.91. The van der Waals surface area contributed by atoms with E-state index in [0.29, 0.717) is 12.0 Å². The Balaban J connectivity index is 2.40. The predicted octanol–water partition coefficient (Wildman–Crippen LogP) is 3.12. The van der Waals surface area contributed by atoms with E-state index in [4.69, 9.17) is 0 Å². The van der Waals surface area contributed by atoms with Gasteiger partial charge in [0.15, 0.2) is 0 Å². The Labute approximate surface area is 93.8 Å². The minimum atomic E-state index is -0.261. The number of hydrogen-bond donors (Lipinski definition) is 1. The van der Waals surface area contributed by atoms with E-state index in [1.54, 1.807) is 0 Å². The highest BCUT2D eigenvalue weighted by Gasteiger charge is 2.26. The van der Waals surface area contributed by atoms with Crippen LogP contribution < -0.4 is 5.32 Å². The first kappa shape index (κ1) is 12.5. The van der Waals surface area contributed by atoms with Crippen LogP contribution in [0.25, 0.3) is 0 Å². The van der Waals surface area contributed by atoms with Crippen LogP contribution in [0.3, 0.4) is 0 Å². The molecule has 1 saturated carbocycles. The van der Waals surface area contributed by atoms with Crippen molar-refractivity contribution in [2.24, 2.45) is 11.3 Å². The summed E-state index contributed by atoms with van der Waals surface area (Å²) in [4.78, 5) is 11.8. The van der Waals surface area contributed by atoms with Crippen molar-refractivity contribution >= 4 is 5.91 Å². The van der Waals surface area contributed by atoms with E-state index >= 15 is 0 Å². The van der Waals surface area contributed by atoms with Gasteiger partial charge in [-0.1, -0.05) is 40.0 Å². The van der Waals surface area contributed by atoms with Crippen molar-refractivity contribution < 1.29 is 4.79 Å². The van der Waals surface area contributed by atoms with Gasteiger partial charge in [0.05, 0.1) is 0 Å². The molecule has 2 heteroatoms. The molecule has 0 aromatic heterocycles. The first-order chi connectivity index (χ1) is 6.91. The molecule has 0 spiro atoms. The molecule has 1 aliphatic carbocycles. The standard InChI is InChI=1S/C13H25NO/c1-10(11-8-6-5-7-9-11)14-12(15)13(2,3)4/h10-11H,5-9H2,1-4H3,(H,14,15). The molecule has 1 atom stereocenters. The quantitative estimate of drug-likeness (QED) is 0.747. The molecule has 1 aliphatic rings. The summed E-state index contributed by atoms with van der Waals surface area (Å²) in [5, 5.41) is 3.15. The first-order valence-corrected chi connectivity index (χ1v) is 6.22. The lowest BCUT2D eigenvalue weighted by atomic mass is 9.84. The molecule has 0 saturated heterocycles. The molecule has 2 nitrogen and oxygen atoms in total. The molecule has 0 aliphatic heterocycles. The summed E-state index contributed by atoms with van der Waals surface area (Å²) in [6.07, 6.45) is 6.61. The van der Waals surface area contributed by atoms with E-state index in [1.807, 2.05) is 20.8 Å². The number of nitrogens with one attached hydrogen (secondary N) is 1. The lowest BCUT2D eigenvalue weighted by molar-refractivity contribution is -0.129. The molecule has 0 aromatic carbocycles. The van der Waals surface area contributed by atoms with Crippen LogP contribution in [0, 0.1) is 11.3 Å². The lowest BCUT2D eigenvalue weighted by Gasteiger charge is -2.30. The SMILES string of the molecule is CC(NC(=O)C(C)(C)C)C1CCCCC1. The molecule has 15 heavy (non-hydrogen) atoms. The van der Waals surface area contributed by atoms with Crippen LogP contribution >= 0.6 is 0 Å². The van der Waals surface area contributed by atoms with Crippen LogP contribution in [0.2, 0.25) is 0 Å². The largest absolute Gasteiger partial charge is 0.353 e. The highest BCUT2D eigenvalue weighted by molar-refractivity contribution is 5.81. The van der Waals surface area contributed by atoms with Crippen molar-refractivity contribution in [2.75, 3.05) is 0 Å². The van der Waals surface area contributed by atoms with Crippen molar-refractivity contribution in [3.63, 3.8) is 0 Å². The van der Waals surface area contributed by atoms with Crippen molar-refractivity contribution in [2.45, 2.75) is 65.8 Å². The Morgan fingerprint density at radius 2 is 1.73 bits per heavy atom. The van der Waals surface area contributed by atoms with Gasteiger partial charge >= 0.3 is 0 Å². The zero-order chi connectivity index (χ0) is 11.5. The third-order valence-electron chi connectivity index (χ3n) is 3.40. The van der Waals surface area contributed by atoms with Gasteiger partial charge in [-0.05, 0) is 25.7 Å². The van der Waals surface area contributed by atoms with Crippen LogP contribution in [-0.2, 0) is 4.79 Å². The minimum absolute atomic E-state index is 0.181. The van der Waals surface area contributed by atoms with E-state index in [0.717, 1.165) is 0 Å². The van der Waals surface area contributed by atoms with Crippen LogP contribution in [0.15, 0.2) is 0 Å². The summed E-state index contributed by atoms with van der Waals surface area (Å²) in [7, 11) is 0. The van der Waals surface area contributed by atoms with Gasteiger partial charge in [0.2, 0.25) is 5.91 Å². The molecule has 1 unspecified atom stereocenters. The predicted molar refractivity (Wildman–Crippen MR) is 63.6 cm³/mol. The fourth-order valence-electron chi connectivity index (χ4n) is 2.18. The molecule has 1 amide bonds. The van der Waals surface area contributed by atoms with Gasteiger partial charge in [-0.25, -0.2) is 0 Å².